The fourth-order valence-electron chi connectivity index (χ4n) is 4.28. The largest absolute Gasteiger partial charge is 0.496 e. The molecule has 7 heteroatoms. The maximum Gasteiger partial charge on any atom is 0.253 e. The molecule has 2 amide bonds. The summed E-state index contributed by atoms with van der Waals surface area (Å²) in [6, 6.07) is 18.6. The Hall–Kier alpha value is -4.00. The fraction of sp³-hybridized carbons (Fsp3) is 0.259. The van der Waals surface area contributed by atoms with E-state index in [1.165, 1.54) is 0 Å². The van der Waals surface area contributed by atoms with Crippen molar-refractivity contribution in [3.8, 4) is 28.4 Å². The van der Waals surface area contributed by atoms with Crippen molar-refractivity contribution in [1.82, 2.24) is 4.90 Å². The Morgan fingerprint density at radius 1 is 0.941 bits per heavy atom. The van der Waals surface area contributed by atoms with Crippen LogP contribution in [0.3, 0.4) is 0 Å². The summed E-state index contributed by atoms with van der Waals surface area (Å²) in [6.07, 6.45) is 1.56. The first-order chi connectivity index (χ1) is 16.4. The predicted octanol–water partition coefficient (Wildman–Crippen LogP) is 4.46. The van der Waals surface area contributed by atoms with Crippen molar-refractivity contribution < 1.29 is 23.8 Å². The lowest BCUT2D eigenvalue weighted by Crippen LogP contribution is -2.27. The maximum atomic E-state index is 13.3. The monoisotopic (exact) mass is 458 g/mol. The highest BCUT2D eigenvalue weighted by Crippen LogP contribution is 2.51. The lowest BCUT2D eigenvalue weighted by molar-refractivity contribution is -0.118. The van der Waals surface area contributed by atoms with Crippen molar-refractivity contribution in [1.29, 1.82) is 0 Å². The number of carbonyl (C=O) groups is 2. The van der Waals surface area contributed by atoms with Crippen LogP contribution in [0, 0.1) is 0 Å². The number of rotatable bonds is 6. The van der Waals surface area contributed by atoms with Crippen LogP contribution in [0.15, 0.2) is 60.7 Å². The second kappa shape index (κ2) is 8.41. The standard InChI is InChI=1S/C27H26N2O5/c1-29(2)25(30)18-6-4-17(5-7-18)21-15-20(9-11-22(21)32-3)28-26(31)27(12-13-27)19-8-10-23-24(14-19)34-16-33-23/h4-11,14-15H,12-13,16H2,1-3H3,(H,28,31). The molecule has 1 N–H and O–H groups in total. The Bertz CT molecular complexity index is 1260. The number of benzene rings is 3. The van der Waals surface area contributed by atoms with Gasteiger partial charge in [0.2, 0.25) is 12.7 Å². The second-order valence-electron chi connectivity index (χ2n) is 8.80. The summed E-state index contributed by atoms with van der Waals surface area (Å²) in [5.74, 6) is 1.96. The summed E-state index contributed by atoms with van der Waals surface area (Å²) in [5, 5.41) is 3.09. The first-order valence-electron chi connectivity index (χ1n) is 11.1. The van der Waals surface area contributed by atoms with Gasteiger partial charge in [-0.1, -0.05) is 18.2 Å². The molecule has 1 heterocycles. The van der Waals surface area contributed by atoms with E-state index in [0.29, 0.717) is 28.5 Å². The lowest BCUT2D eigenvalue weighted by atomic mass is 9.94. The number of anilines is 1. The summed E-state index contributed by atoms with van der Waals surface area (Å²) in [5.41, 5.74) is 3.38. The zero-order valence-electron chi connectivity index (χ0n) is 19.4. The number of methoxy groups -OCH3 is 1. The molecule has 0 bridgehead atoms. The molecule has 0 unspecified atom stereocenters. The van der Waals surface area contributed by atoms with E-state index >= 15 is 0 Å². The highest BCUT2D eigenvalue weighted by atomic mass is 16.7. The van der Waals surface area contributed by atoms with Crippen molar-refractivity contribution in [3.63, 3.8) is 0 Å². The molecule has 7 nitrogen and oxygen atoms in total. The summed E-state index contributed by atoms with van der Waals surface area (Å²) in [7, 11) is 5.06. The van der Waals surface area contributed by atoms with E-state index in [0.717, 1.165) is 29.5 Å². The van der Waals surface area contributed by atoms with Crippen molar-refractivity contribution >= 4 is 17.5 Å². The molecule has 3 aromatic rings. The van der Waals surface area contributed by atoms with Gasteiger partial charge in [0.1, 0.15) is 5.75 Å². The van der Waals surface area contributed by atoms with Gasteiger partial charge in [-0.05, 0) is 66.4 Å². The number of ether oxygens (including phenoxy) is 3. The van der Waals surface area contributed by atoms with Gasteiger partial charge in [0.25, 0.3) is 5.91 Å². The number of nitrogens with one attached hydrogen (secondary N) is 1. The summed E-state index contributed by atoms with van der Waals surface area (Å²) >= 11 is 0. The SMILES string of the molecule is COc1ccc(NC(=O)C2(c3ccc4c(c3)OCO4)CC2)cc1-c1ccc(C(=O)N(C)C)cc1. The van der Waals surface area contributed by atoms with Crippen LogP contribution in [0.5, 0.6) is 17.2 Å². The Morgan fingerprint density at radius 2 is 1.68 bits per heavy atom. The second-order valence-corrected chi connectivity index (χ2v) is 8.80. The molecule has 5 rings (SSSR count). The third-order valence-electron chi connectivity index (χ3n) is 6.42. The van der Waals surface area contributed by atoms with Crippen molar-refractivity contribution in [2.45, 2.75) is 18.3 Å². The van der Waals surface area contributed by atoms with Crippen LogP contribution >= 0.6 is 0 Å². The minimum atomic E-state index is -0.560. The van der Waals surface area contributed by atoms with Gasteiger partial charge in [-0.15, -0.1) is 0 Å². The molecular weight excluding hydrogens is 432 g/mol. The minimum Gasteiger partial charge on any atom is -0.496 e. The first kappa shape index (κ1) is 21.8. The molecule has 174 valence electrons. The highest BCUT2D eigenvalue weighted by molar-refractivity contribution is 6.02. The van der Waals surface area contributed by atoms with E-state index in [1.54, 1.807) is 38.2 Å². The topological polar surface area (TPSA) is 77.1 Å². The Labute approximate surface area is 198 Å². The van der Waals surface area contributed by atoms with Crippen LogP contribution in [0.4, 0.5) is 5.69 Å². The van der Waals surface area contributed by atoms with Crippen LogP contribution in [-0.2, 0) is 10.2 Å². The molecule has 34 heavy (non-hydrogen) atoms. The minimum absolute atomic E-state index is 0.0468. The summed E-state index contributed by atoms with van der Waals surface area (Å²) < 4.78 is 16.4. The molecule has 1 fully saturated rings. The predicted molar refractivity (Wildman–Crippen MR) is 129 cm³/mol. The maximum absolute atomic E-state index is 13.3. The summed E-state index contributed by atoms with van der Waals surface area (Å²) in [6.45, 7) is 0.205. The van der Waals surface area contributed by atoms with E-state index in [1.807, 2.05) is 48.5 Å². The number of fused-ring (bicyclic) bond motifs is 1. The average molecular weight is 459 g/mol. The molecule has 1 aliphatic carbocycles. The van der Waals surface area contributed by atoms with E-state index in [-0.39, 0.29) is 18.6 Å². The Morgan fingerprint density at radius 3 is 2.35 bits per heavy atom. The first-order valence-corrected chi connectivity index (χ1v) is 11.1. The normalized spacial score (nSPS) is 14.9. The van der Waals surface area contributed by atoms with Crippen LogP contribution in [0.1, 0.15) is 28.8 Å². The van der Waals surface area contributed by atoms with Crippen molar-refractivity contribution in [2.75, 3.05) is 33.3 Å². The summed E-state index contributed by atoms with van der Waals surface area (Å²) in [4.78, 5) is 27.1. The third-order valence-corrected chi connectivity index (χ3v) is 6.42. The van der Waals surface area contributed by atoms with Crippen molar-refractivity contribution in [2.24, 2.45) is 0 Å². The molecule has 0 radical (unpaired) electrons. The lowest BCUT2D eigenvalue weighted by Gasteiger charge is -2.18. The van der Waals surface area contributed by atoms with Gasteiger partial charge in [-0.2, -0.15) is 0 Å². The fourth-order valence-corrected chi connectivity index (χ4v) is 4.28. The molecular formula is C27H26N2O5. The molecule has 0 atom stereocenters. The molecule has 1 saturated carbocycles. The molecule has 3 aromatic carbocycles. The van der Waals surface area contributed by atoms with Gasteiger partial charge < -0.3 is 24.4 Å². The zero-order chi connectivity index (χ0) is 23.9. The van der Waals surface area contributed by atoms with Gasteiger partial charge in [0, 0.05) is 30.9 Å². The quantitative estimate of drug-likeness (QED) is 0.590. The van der Waals surface area contributed by atoms with Gasteiger partial charge in [-0.3, -0.25) is 9.59 Å². The number of amides is 2. The molecule has 2 aliphatic rings. The third kappa shape index (κ3) is 3.83. The van der Waals surface area contributed by atoms with Gasteiger partial charge >= 0.3 is 0 Å². The van der Waals surface area contributed by atoms with Crippen LogP contribution in [0.25, 0.3) is 11.1 Å². The Kier molecular flexibility index (Phi) is 5.40. The Balaban J connectivity index is 1.39. The van der Waals surface area contributed by atoms with Gasteiger partial charge in [0.15, 0.2) is 11.5 Å². The van der Waals surface area contributed by atoms with Crippen LogP contribution in [0.2, 0.25) is 0 Å². The molecule has 0 saturated heterocycles. The van der Waals surface area contributed by atoms with E-state index in [2.05, 4.69) is 5.32 Å². The van der Waals surface area contributed by atoms with Gasteiger partial charge in [-0.25, -0.2) is 0 Å². The zero-order valence-corrected chi connectivity index (χ0v) is 19.4. The molecule has 1 aliphatic heterocycles. The van der Waals surface area contributed by atoms with Crippen molar-refractivity contribution in [3.05, 3.63) is 71.8 Å². The van der Waals surface area contributed by atoms with Gasteiger partial charge in [0.05, 0.1) is 12.5 Å². The van der Waals surface area contributed by atoms with Crippen LogP contribution in [-0.4, -0.2) is 44.7 Å². The number of nitrogens with zero attached hydrogens (tertiary/aromatic N) is 1. The molecule has 0 aromatic heterocycles. The van der Waals surface area contributed by atoms with E-state index in [4.69, 9.17) is 14.2 Å². The number of hydrogen-bond acceptors (Lipinski definition) is 5. The average Bonchev–Trinajstić information content (AvgIpc) is 3.54. The molecule has 0 spiro atoms. The number of carbonyl (C=O) groups excluding carboxylic acids is 2. The smallest absolute Gasteiger partial charge is 0.253 e. The highest BCUT2D eigenvalue weighted by Gasteiger charge is 2.51. The number of hydrogen-bond donors (Lipinski definition) is 1. The van der Waals surface area contributed by atoms with E-state index in [9.17, 15) is 9.59 Å². The van der Waals surface area contributed by atoms with E-state index < -0.39 is 5.41 Å². The van der Waals surface area contributed by atoms with Crippen LogP contribution < -0.4 is 19.5 Å².